The topological polar surface area (TPSA) is 64.3 Å². The van der Waals surface area contributed by atoms with E-state index in [2.05, 4.69) is 5.32 Å². The second-order valence-electron chi connectivity index (χ2n) is 4.70. The molecule has 0 aliphatic heterocycles. The lowest BCUT2D eigenvalue weighted by Crippen LogP contribution is -2.27. The van der Waals surface area contributed by atoms with Crippen molar-refractivity contribution in [3.63, 3.8) is 0 Å². The lowest BCUT2D eigenvalue weighted by atomic mass is 10.1. The molecule has 0 aliphatic carbocycles. The minimum Gasteiger partial charge on any atom is -0.497 e. The first kappa shape index (κ1) is 15.2. The van der Waals surface area contributed by atoms with Gasteiger partial charge in [0.15, 0.2) is 0 Å². The first-order valence-electron chi connectivity index (χ1n) is 6.51. The number of ether oxygens (including phenoxy) is 1. The predicted molar refractivity (Wildman–Crippen MR) is 84.7 cm³/mol. The number of hydrogen-bond acceptors (Lipinski definition) is 3. The summed E-state index contributed by atoms with van der Waals surface area (Å²) < 4.78 is 5.11. The zero-order valence-electron chi connectivity index (χ0n) is 11.9. The third kappa shape index (κ3) is 3.67. The number of nitrogens with two attached hydrogens (primary N) is 1. The maximum absolute atomic E-state index is 12.2. The molecule has 21 heavy (non-hydrogen) atoms. The summed E-state index contributed by atoms with van der Waals surface area (Å²) in [5.74, 6) is 0.548. The van der Waals surface area contributed by atoms with Crippen molar-refractivity contribution in [3.8, 4) is 5.75 Å². The highest BCUT2D eigenvalue weighted by Gasteiger charge is 2.14. The Morgan fingerprint density at radius 2 is 1.90 bits per heavy atom. The fraction of sp³-hybridized carbons (Fsp3) is 0.188. The van der Waals surface area contributed by atoms with E-state index in [4.69, 9.17) is 22.1 Å². The SMILES string of the molecule is COc1ccc(C(C)NC(=O)c2ccc(Cl)cc2N)cc1. The molecule has 2 aromatic rings. The van der Waals surface area contributed by atoms with E-state index in [-0.39, 0.29) is 11.9 Å². The third-order valence-electron chi connectivity index (χ3n) is 3.22. The van der Waals surface area contributed by atoms with Gasteiger partial charge in [-0.25, -0.2) is 0 Å². The normalized spacial score (nSPS) is 11.8. The van der Waals surface area contributed by atoms with Crippen molar-refractivity contribution in [2.75, 3.05) is 12.8 Å². The van der Waals surface area contributed by atoms with Gasteiger partial charge in [-0.15, -0.1) is 0 Å². The molecule has 0 aromatic heterocycles. The second kappa shape index (κ2) is 6.50. The van der Waals surface area contributed by atoms with Crippen LogP contribution in [-0.4, -0.2) is 13.0 Å². The van der Waals surface area contributed by atoms with Crippen LogP contribution in [0.4, 0.5) is 5.69 Å². The summed E-state index contributed by atoms with van der Waals surface area (Å²) in [6.07, 6.45) is 0. The molecule has 0 fully saturated rings. The number of carbonyl (C=O) groups is 1. The van der Waals surface area contributed by atoms with Crippen LogP contribution in [-0.2, 0) is 0 Å². The molecule has 0 heterocycles. The maximum Gasteiger partial charge on any atom is 0.253 e. The molecule has 0 saturated heterocycles. The summed E-state index contributed by atoms with van der Waals surface area (Å²) >= 11 is 5.83. The number of amides is 1. The molecule has 1 unspecified atom stereocenters. The predicted octanol–water partition coefficient (Wildman–Crippen LogP) is 3.42. The summed E-state index contributed by atoms with van der Waals surface area (Å²) in [6.45, 7) is 1.91. The molecule has 1 amide bonds. The Morgan fingerprint density at radius 1 is 1.24 bits per heavy atom. The molecule has 4 nitrogen and oxygen atoms in total. The molecule has 0 bridgehead atoms. The van der Waals surface area contributed by atoms with Crippen molar-refractivity contribution < 1.29 is 9.53 Å². The Morgan fingerprint density at radius 3 is 2.48 bits per heavy atom. The van der Waals surface area contributed by atoms with Crippen LogP contribution < -0.4 is 15.8 Å². The Kier molecular flexibility index (Phi) is 4.70. The quantitative estimate of drug-likeness (QED) is 0.851. The molecule has 5 heteroatoms. The number of rotatable bonds is 4. The molecule has 110 valence electrons. The van der Waals surface area contributed by atoms with Crippen molar-refractivity contribution in [1.29, 1.82) is 0 Å². The highest BCUT2D eigenvalue weighted by molar-refractivity contribution is 6.31. The van der Waals surface area contributed by atoms with E-state index in [0.29, 0.717) is 16.3 Å². The van der Waals surface area contributed by atoms with Gasteiger partial charge in [-0.2, -0.15) is 0 Å². The number of nitrogens with one attached hydrogen (secondary N) is 1. The number of benzene rings is 2. The molecule has 1 atom stereocenters. The molecular weight excluding hydrogens is 288 g/mol. The number of halogens is 1. The highest BCUT2D eigenvalue weighted by atomic mass is 35.5. The summed E-state index contributed by atoms with van der Waals surface area (Å²) in [6, 6.07) is 12.2. The van der Waals surface area contributed by atoms with E-state index in [1.54, 1.807) is 25.3 Å². The van der Waals surface area contributed by atoms with Gasteiger partial charge in [-0.05, 0) is 42.8 Å². The summed E-state index contributed by atoms with van der Waals surface area (Å²) in [5.41, 5.74) is 7.58. The molecule has 0 radical (unpaired) electrons. The minimum atomic E-state index is -0.229. The van der Waals surface area contributed by atoms with E-state index >= 15 is 0 Å². The Bertz CT molecular complexity index is 641. The van der Waals surface area contributed by atoms with Crippen LogP contribution in [0.1, 0.15) is 28.9 Å². The number of hydrogen-bond donors (Lipinski definition) is 2. The van der Waals surface area contributed by atoms with Crippen molar-refractivity contribution >= 4 is 23.2 Å². The van der Waals surface area contributed by atoms with Gasteiger partial charge in [-0.3, -0.25) is 4.79 Å². The van der Waals surface area contributed by atoms with Gasteiger partial charge in [-0.1, -0.05) is 23.7 Å². The Hall–Kier alpha value is -2.20. The molecule has 0 spiro atoms. The number of methoxy groups -OCH3 is 1. The molecule has 0 aliphatic rings. The van der Waals surface area contributed by atoms with Gasteiger partial charge in [0.1, 0.15) is 5.75 Å². The average molecular weight is 305 g/mol. The Balaban J connectivity index is 2.10. The minimum absolute atomic E-state index is 0.140. The van der Waals surface area contributed by atoms with Gasteiger partial charge >= 0.3 is 0 Å². The largest absolute Gasteiger partial charge is 0.497 e. The Labute approximate surface area is 128 Å². The first-order valence-corrected chi connectivity index (χ1v) is 6.89. The third-order valence-corrected chi connectivity index (χ3v) is 3.46. The average Bonchev–Trinajstić information content (AvgIpc) is 2.47. The van der Waals surface area contributed by atoms with E-state index in [0.717, 1.165) is 11.3 Å². The summed E-state index contributed by atoms with van der Waals surface area (Å²) in [4.78, 5) is 12.2. The summed E-state index contributed by atoms with van der Waals surface area (Å²) in [5, 5.41) is 3.41. The van der Waals surface area contributed by atoms with Crippen molar-refractivity contribution in [3.05, 3.63) is 58.6 Å². The lowest BCUT2D eigenvalue weighted by Gasteiger charge is -2.15. The number of anilines is 1. The van der Waals surface area contributed by atoms with Crippen LogP contribution in [0, 0.1) is 0 Å². The van der Waals surface area contributed by atoms with E-state index in [1.165, 1.54) is 0 Å². The molecule has 2 aromatic carbocycles. The zero-order valence-corrected chi connectivity index (χ0v) is 12.6. The van der Waals surface area contributed by atoms with Crippen molar-refractivity contribution in [2.24, 2.45) is 0 Å². The van der Waals surface area contributed by atoms with E-state index in [1.807, 2.05) is 31.2 Å². The number of carbonyl (C=O) groups excluding carboxylic acids is 1. The lowest BCUT2D eigenvalue weighted by molar-refractivity contribution is 0.0941. The standard InChI is InChI=1S/C16H17ClN2O2/c1-10(11-3-6-13(21-2)7-4-11)19-16(20)14-8-5-12(17)9-15(14)18/h3-10H,18H2,1-2H3,(H,19,20). The maximum atomic E-state index is 12.2. The smallest absolute Gasteiger partial charge is 0.253 e. The molecular formula is C16H17ClN2O2. The molecule has 0 saturated carbocycles. The highest BCUT2D eigenvalue weighted by Crippen LogP contribution is 2.20. The van der Waals surface area contributed by atoms with Crippen LogP contribution in [0.25, 0.3) is 0 Å². The summed E-state index contributed by atoms with van der Waals surface area (Å²) in [7, 11) is 1.61. The van der Waals surface area contributed by atoms with E-state index < -0.39 is 0 Å². The van der Waals surface area contributed by atoms with E-state index in [9.17, 15) is 4.79 Å². The zero-order chi connectivity index (χ0) is 15.4. The molecule has 2 rings (SSSR count). The second-order valence-corrected chi connectivity index (χ2v) is 5.14. The first-order chi connectivity index (χ1) is 10.0. The molecule has 3 N–H and O–H groups in total. The van der Waals surface area contributed by atoms with Crippen LogP contribution in [0.2, 0.25) is 5.02 Å². The number of nitrogen functional groups attached to an aromatic ring is 1. The van der Waals surface area contributed by atoms with Crippen molar-refractivity contribution in [2.45, 2.75) is 13.0 Å². The van der Waals surface area contributed by atoms with Gasteiger partial charge < -0.3 is 15.8 Å². The van der Waals surface area contributed by atoms with Gasteiger partial charge in [0.2, 0.25) is 0 Å². The van der Waals surface area contributed by atoms with Gasteiger partial charge in [0.05, 0.1) is 18.7 Å². The van der Waals surface area contributed by atoms with Crippen LogP contribution in [0.3, 0.4) is 0 Å². The van der Waals surface area contributed by atoms with Crippen LogP contribution in [0.5, 0.6) is 5.75 Å². The fourth-order valence-electron chi connectivity index (χ4n) is 1.99. The van der Waals surface area contributed by atoms with Crippen LogP contribution in [0.15, 0.2) is 42.5 Å². The monoisotopic (exact) mass is 304 g/mol. The fourth-order valence-corrected chi connectivity index (χ4v) is 2.17. The van der Waals surface area contributed by atoms with Crippen molar-refractivity contribution in [1.82, 2.24) is 5.32 Å². The van der Waals surface area contributed by atoms with Crippen LogP contribution >= 0.6 is 11.6 Å². The van der Waals surface area contributed by atoms with Gasteiger partial charge in [0.25, 0.3) is 5.91 Å². The van der Waals surface area contributed by atoms with Gasteiger partial charge in [0, 0.05) is 10.7 Å².